The highest BCUT2D eigenvalue weighted by molar-refractivity contribution is 5.13. The number of nitrogens with zero attached hydrogens (tertiary/aromatic N) is 1. The number of nitrogens with one attached hydrogen (secondary N) is 2. The highest BCUT2D eigenvalue weighted by atomic mass is 15.6. The van der Waals surface area contributed by atoms with Crippen molar-refractivity contribution in [3.63, 3.8) is 0 Å². The van der Waals surface area contributed by atoms with E-state index in [1.807, 2.05) is 0 Å². The zero-order valence-electron chi connectivity index (χ0n) is 6.51. The highest BCUT2D eigenvalue weighted by Crippen LogP contribution is 2.09. The quantitative estimate of drug-likeness (QED) is 0.529. The fourth-order valence-electron chi connectivity index (χ4n) is 1.39. The summed E-state index contributed by atoms with van der Waals surface area (Å²) in [5.74, 6) is 1.20. The van der Waals surface area contributed by atoms with Crippen LogP contribution in [0.5, 0.6) is 0 Å². The second-order valence-electron chi connectivity index (χ2n) is 2.85. The average Bonchev–Trinajstić information content (AvgIpc) is 2.35. The van der Waals surface area contributed by atoms with Crippen LogP contribution in [0.1, 0.15) is 12.8 Å². The molecule has 60 valence electrons. The zero-order valence-corrected chi connectivity index (χ0v) is 6.51. The topological polar surface area (TPSA) is 27.3 Å². The molecule has 2 rings (SSSR count). The molecule has 0 aromatic rings. The number of hydrogen-bond donors (Lipinski definition) is 2. The zero-order chi connectivity index (χ0) is 7.52. The van der Waals surface area contributed by atoms with Gasteiger partial charge in [-0.1, -0.05) is 12.2 Å². The van der Waals surface area contributed by atoms with Crippen LogP contribution >= 0.6 is 0 Å². The van der Waals surface area contributed by atoms with Crippen molar-refractivity contribution in [1.82, 2.24) is 15.8 Å². The summed E-state index contributed by atoms with van der Waals surface area (Å²) in [5, 5.41) is 0. The Morgan fingerprint density at radius 2 is 2.45 bits per heavy atom. The molecule has 2 N–H and O–H groups in total. The lowest BCUT2D eigenvalue weighted by atomic mass is 10.2. The van der Waals surface area contributed by atoms with Gasteiger partial charge in [-0.25, -0.2) is 5.43 Å². The molecule has 2 heterocycles. The van der Waals surface area contributed by atoms with Crippen LogP contribution in [-0.2, 0) is 0 Å². The molecule has 0 aliphatic carbocycles. The van der Waals surface area contributed by atoms with Gasteiger partial charge in [-0.2, -0.15) is 0 Å². The van der Waals surface area contributed by atoms with Crippen molar-refractivity contribution < 1.29 is 0 Å². The molecule has 3 nitrogen and oxygen atoms in total. The molecule has 0 saturated carbocycles. The van der Waals surface area contributed by atoms with Gasteiger partial charge in [-0.05, 0) is 18.9 Å². The van der Waals surface area contributed by atoms with E-state index in [2.05, 4.69) is 34.0 Å². The molecule has 0 aromatic heterocycles. The minimum atomic E-state index is 0.930. The molecule has 0 atom stereocenters. The Kier molecular flexibility index (Phi) is 1.81. The molecule has 1 fully saturated rings. The number of hydrazine groups is 1. The van der Waals surface area contributed by atoms with Gasteiger partial charge in [-0.15, -0.1) is 0 Å². The van der Waals surface area contributed by atoms with Crippen molar-refractivity contribution in [3.8, 4) is 0 Å². The number of fused-ring (bicyclic) bond motifs is 1. The van der Waals surface area contributed by atoms with Crippen molar-refractivity contribution >= 4 is 0 Å². The maximum atomic E-state index is 3.11. The van der Waals surface area contributed by atoms with Crippen LogP contribution < -0.4 is 10.9 Å². The predicted octanol–water partition coefficient (Wildman–Crippen LogP) is 0.545. The SMILES string of the molecule is C1=CCCCN2CNNC2=C1. The van der Waals surface area contributed by atoms with E-state index in [1.165, 1.54) is 18.7 Å². The van der Waals surface area contributed by atoms with Crippen molar-refractivity contribution in [2.45, 2.75) is 12.8 Å². The fraction of sp³-hybridized carbons (Fsp3) is 0.500. The number of hydrogen-bond acceptors (Lipinski definition) is 3. The van der Waals surface area contributed by atoms with Crippen LogP contribution in [0, 0.1) is 0 Å². The molecule has 0 aromatic carbocycles. The standard InChI is InChI=1S/C8H13N3/c1-2-4-6-11-7-9-10-8(11)5-3-1/h1,3,5,9-10H,2,4,6-7H2. The molecule has 2 aliphatic heterocycles. The normalized spacial score (nSPS) is 23.3. The van der Waals surface area contributed by atoms with Gasteiger partial charge in [0.25, 0.3) is 0 Å². The van der Waals surface area contributed by atoms with Gasteiger partial charge in [0.2, 0.25) is 0 Å². The van der Waals surface area contributed by atoms with Crippen molar-refractivity contribution in [3.05, 3.63) is 24.0 Å². The summed E-state index contributed by atoms with van der Waals surface area (Å²) >= 11 is 0. The summed E-state index contributed by atoms with van der Waals surface area (Å²) in [6, 6.07) is 0. The Labute approximate surface area is 66.7 Å². The van der Waals surface area contributed by atoms with Gasteiger partial charge < -0.3 is 10.3 Å². The summed E-state index contributed by atoms with van der Waals surface area (Å²) in [6.45, 7) is 2.08. The minimum absolute atomic E-state index is 0.930. The summed E-state index contributed by atoms with van der Waals surface area (Å²) in [7, 11) is 0. The van der Waals surface area contributed by atoms with Gasteiger partial charge in [-0.3, -0.25) is 0 Å². The molecule has 0 radical (unpaired) electrons. The first-order valence-electron chi connectivity index (χ1n) is 4.07. The van der Waals surface area contributed by atoms with Crippen LogP contribution in [0.15, 0.2) is 24.0 Å². The Morgan fingerprint density at radius 3 is 3.45 bits per heavy atom. The minimum Gasteiger partial charge on any atom is -0.343 e. The molecule has 11 heavy (non-hydrogen) atoms. The van der Waals surface area contributed by atoms with Crippen molar-refractivity contribution in [2.75, 3.05) is 13.2 Å². The monoisotopic (exact) mass is 151 g/mol. The Bertz CT molecular complexity index is 196. The van der Waals surface area contributed by atoms with E-state index in [9.17, 15) is 0 Å². The van der Waals surface area contributed by atoms with Gasteiger partial charge in [0, 0.05) is 6.54 Å². The van der Waals surface area contributed by atoms with E-state index < -0.39 is 0 Å². The largest absolute Gasteiger partial charge is 0.343 e. The summed E-state index contributed by atoms with van der Waals surface area (Å²) in [6.07, 6.45) is 8.88. The summed E-state index contributed by atoms with van der Waals surface area (Å²) < 4.78 is 0. The summed E-state index contributed by atoms with van der Waals surface area (Å²) in [5.41, 5.74) is 6.21. The Hall–Kier alpha value is -0.960. The first-order chi connectivity index (χ1) is 5.47. The second-order valence-corrected chi connectivity index (χ2v) is 2.85. The first-order valence-corrected chi connectivity index (χ1v) is 4.07. The van der Waals surface area contributed by atoms with E-state index >= 15 is 0 Å². The first kappa shape index (κ1) is 6.73. The van der Waals surface area contributed by atoms with E-state index in [4.69, 9.17) is 0 Å². The van der Waals surface area contributed by atoms with E-state index in [0.717, 1.165) is 13.2 Å². The van der Waals surface area contributed by atoms with E-state index in [1.54, 1.807) is 0 Å². The van der Waals surface area contributed by atoms with Crippen molar-refractivity contribution in [1.29, 1.82) is 0 Å². The lowest BCUT2D eigenvalue weighted by Crippen LogP contribution is -2.22. The molecule has 0 unspecified atom stereocenters. The van der Waals surface area contributed by atoms with Gasteiger partial charge in [0.05, 0.1) is 6.67 Å². The van der Waals surface area contributed by atoms with Crippen LogP contribution in [-0.4, -0.2) is 18.1 Å². The van der Waals surface area contributed by atoms with Crippen LogP contribution in [0.4, 0.5) is 0 Å². The lowest BCUT2D eigenvalue weighted by molar-refractivity contribution is 0.375. The maximum Gasteiger partial charge on any atom is 0.117 e. The summed E-state index contributed by atoms with van der Waals surface area (Å²) in [4.78, 5) is 2.31. The molecule has 0 amide bonds. The second kappa shape index (κ2) is 2.96. The Balaban J connectivity index is 2.14. The van der Waals surface area contributed by atoms with Crippen LogP contribution in [0.25, 0.3) is 0 Å². The fourth-order valence-corrected chi connectivity index (χ4v) is 1.39. The lowest BCUT2D eigenvalue weighted by Gasteiger charge is -2.17. The molecular weight excluding hydrogens is 138 g/mol. The highest BCUT2D eigenvalue weighted by Gasteiger charge is 2.14. The molecular formula is C8H13N3. The molecule has 2 aliphatic rings. The van der Waals surface area contributed by atoms with Gasteiger partial charge in [0.15, 0.2) is 0 Å². The van der Waals surface area contributed by atoms with E-state index in [0.29, 0.717) is 0 Å². The number of allylic oxidation sites excluding steroid dienone is 3. The van der Waals surface area contributed by atoms with Crippen LogP contribution in [0.2, 0.25) is 0 Å². The third kappa shape index (κ3) is 1.38. The van der Waals surface area contributed by atoms with Gasteiger partial charge in [0.1, 0.15) is 5.82 Å². The number of rotatable bonds is 0. The third-order valence-electron chi connectivity index (χ3n) is 2.02. The van der Waals surface area contributed by atoms with Crippen molar-refractivity contribution in [2.24, 2.45) is 0 Å². The molecule has 1 saturated heterocycles. The predicted molar refractivity (Wildman–Crippen MR) is 44.3 cm³/mol. The Morgan fingerprint density at radius 1 is 1.45 bits per heavy atom. The van der Waals surface area contributed by atoms with E-state index in [-0.39, 0.29) is 0 Å². The molecule has 0 spiro atoms. The molecule has 3 heteroatoms. The molecule has 0 bridgehead atoms. The van der Waals surface area contributed by atoms with Crippen LogP contribution in [0.3, 0.4) is 0 Å². The van der Waals surface area contributed by atoms with Gasteiger partial charge >= 0.3 is 0 Å². The maximum absolute atomic E-state index is 3.11. The smallest absolute Gasteiger partial charge is 0.117 e. The third-order valence-corrected chi connectivity index (χ3v) is 2.02. The average molecular weight is 151 g/mol.